The van der Waals surface area contributed by atoms with Crippen LogP contribution in [-0.2, 0) is 0 Å². The fourth-order valence-electron chi connectivity index (χ4n) is 5.63. The van der Waals surface area contributed by atoms with E-state index in [1.165, 1.54) is 193 Å². The summed E-state index contributed by atoms with van der Waals surface area (Å²) in [6, 6.07) is 0. The zero-order valence-electron chi connectivity index (χ0n) is 25.1. The third-order valence-electron chi connectivity index (χ3n) is 8.19. The lowest BCUT2D eigenvalue weighted by atomic mass is 9.88. The number of unbranched alkanes of at least 4 members (excludes halogenated alkanes) is 24. The van der Waals surface area contributed by atoms with Crippen LogP contribution in [0.15, 0.2) is 0 Å². The zero-order chi connectivity index (χ0) is 25.7. The van der Waals surface area contributed by atoms with E-state index in [2.05, 4.69) is 20.8 Å². The molecule has 0 aromatic heterocycles. The van der Waals surface area contributed by atoms with Crippen molar-refractivity contribution in [2.45, 2.75) is 218 Å². The van der Waals surface area contributed by atoms with E-state index >= 15 is 0 Å². The van der Waals surface area contributed by atoms with Gasteiger partial charge in [0.25, 0.3) is 0 Å². The third-order valence-corrected chi connectivity index (χ3v) is 8.75. The number of rotatable bonds is 30. The molecule has 0 bridgehead atoms. The highest BCUT2D eigenvalue weighted by molar-refractivity contribution is 6.23. The summed E-state index contributed by atoms with van der Waals surface area (Å²) in [5.74, 6) is 0. The van der Waals surface area contributed by atoms with Crippen molar-refractivity contribution in [3.63, 3.8) is 0 Å². The van der Waals surface area contributed by atoms with Crippen molar-refractivity contribution < 1.29 is 0 Å². The number of alkyl halides is 1. The van der Waals surface area contributed by atoms with Gasteiger partial charge in [-0.2, -0.15) is 0 Å². The number of hydrogen-bond donors (Lipinski definition) is 0. The molecule has 0 heterocycles. The Kier molecular flexibility index (Phi) is 29.1. The van der Waals surface area contributed by atoms with Gasteiger partial charge in [0.2, 0.25) is 0 Å². The maximum Gasteiger partial charge on any atom is 0.0446 e. The predicted molar refractivity (Wildman–Crippen MR) is 164 cm³/mol. The summed E-state index contributed by atoms with van der Waals surface area (Å²) >= 11 is 7.33. The molecule has 0 aliphatic carbocycles. The SMILES string of the molecule is CCCCCCCCCCCC(Cl)(CCCCCCCCCCC)CCCCCCCCCCC. The van der Waals surface area contributed by atoms with Gasteiger partial charge in [0.05, 0.1) is 0 Å². The number of halogens is 1. The van der Waals surface area contributed by atoms with Crippen molar-refractivity contribution >= 4 is 11.6 Å². The van der Waals surface area contributed by atoms with Gasteiger partial charge < -0.3 is 0 Å². The first-order valence-electron chi connectivity index (χ1n) is 16.9. The summed E-state index contributed by atoms with van der Waals surface area (Å²) in [5.41, 5.74) is 0. The lowest BCUT2D eigenvalue weighted by Crippen LogP contribution is -2.21. The minimum Gasteiger partial charge on any atom is -0.119 e. The molecule has 35 heavy (non-hydrogen) atoms. The first kappa shape index (κ1) is 35.3. The fourth-order valence-corrected chi connectivity index (χ4v) is 6.03. The molecule has 0 rings (SSSR count). The van der Waals surface area contributed by atoms with Crippen LogP contribution in [0.2, 0.25) is 0 Å². The summed E-state index contributed by atoms with van der Waals surface area (Å²) in [5, 5.41) is 0. The Morgan fingerprint density at radius 1 is 0.286 bits per heavy atom. The van der Waals surface area contributed by atoms with E-state index in [0.717, 1.165) is 0 Å². The van der Waals surface area contributed by atoms with Gasteiger partial charge >= 0.3 is 0 Å². The van der Waals surface area contributed by atoms with E-state index in [9.17, 15) is 0 Å². The van der Waals surface area contributed by atoms with Crippen molar-refractivity contribution in [3.05, 3.63) is 0 Å². The second-order valence-corrected chi connectivity index (χ2v) is 12.7. The molecule has 0 radical (unpaired) electrons. The Balaban J connectivity index is 4.05. The van der Waals surface area contributed by atoms with E-state index < -0.39 is 0 Å². The molecule has 0 amide bonds. The van der Waals surface area contributed by atoms with Crippen molar-refractivity contribution in [1.29, 1.82) is 0 Å². The Labute approximate surface area is 229 Å². The van der Waals surface area contributed by atoms with Crippen LogP contribution in [0, 0.1) is 0 Å². The van der Waals surface area contributed by atoms with Crippen molar-refractivity contribution in [2.75, 3.05) is 0 Å². The quantitative estimate of drug-likeness (QED) is 0.0662. The van der Waals surface area contributed by atoms with Crippen LogP contribution in [-0.4, -0.2) is 4.87 Å². The van der Waals surface area contributed by atoms with E-state index in [-0.39, 0.29) is 4.87 Å². The molecule has 0 unspecified atom stereocenters. The highest BCUT2D eigenvalue weighted by Crippen LogP contribution is 2.35. The summed E-state index contributed by atoms with van der Waals surface area (Å²) in [6.45, 7) is 6.92. The Morgan fingerprint density at radius 3 is 0.657 bits per heavy atom. The monoisotopic (exact) mass is 513 g/mol. The molecule has 0 aromatic carbocycles. The summed E-state index contributed by atoms with van der Waals surface area (Å²) < 4.78 is 0. The Hall–Kier alpha value is 0.290. The number of hydrogen-bond acceptors (Lipinski definition) is 0. The topological polar surface area (TPSA) is 0 Å². The highest BCUT2D eigenvalue weighted by atomic mass is 35.5. The Bertz CT molecular complexity index is 322. The molecule has 0 saturated carbocycles. The lowest BCUT2D eigenvalue weighted by Gasteiger charge is -2.27. The minimum atomic E-state index is 0.101. The summed E-state index contributed by atoms with van der Waals surface area (Å²) in [6.07, 6.45) is 42.0. The molecular weight excluding hydrogens is 444 g/mol. The molecule has 1 heteroatoms. The van der Waals surface area contributed by atoms with Gasteiger partial charge in [-0.3, -0.25) is 0 Å². The van der Waals surface area contributed by atoms with E-state index in [1.54, 1.807) is 0 Å². The molecule has 0 spiro atoms. The maximum atomic E-state index is 7.33. The molecule has 0 saturated heterocycles. The van der Waals surface area contributed by atoms with E-state index in [4.69, 9.17) is 11.6 Å². The third kappa shape index (κ3) is 27.1. The van der Waals surface area contributed by atoms with Crippen LogP contribution in [0.5, 0.6) is 0 Å². The summed E-state index contributed by atoms with van der Waals surface area (Å²) in [4.78, 5) is 0.101. The molecule has 0 fully saturated rings. The molecule has 0 N–H and O–H groups in total. The minimum absolute atomic E-state index is 0.101. The predicted octanol–water partition coefficient (Wildman–Crippen LogP) is 13.7. The Morgan fingerprint density at radius 2 is 0.457 bits per heavy atom. The standard InChI is InChI=1S/C34H69Cl/c1-4-7-10-13-16-19-22-25-28-31-34(35,32-29-26-23-20-17-14-11-8-5-2)33-30-27-24-21-18-15-12-9-6-3/h4-33H2,1-3H3. The van der Waals surface area contributed by atoms with Crippen LogP contribution in [0.3, 0.4) is 0 Å². The van der Waals surface area contributed by atoms with Crippen molar-refractivity contribution in [3.8, 4) is 0 Å². The first-order chi connectivity index (χ1) is 17.2. The second kappa shape index (κ2) is 28.9. The lowest BCUT2D eigenvalue weighted by molar-refractivity contribution is 0.394. The molecule has 0 aliphatic heterocycles. The van der Waals surface area contributed by atoms with Gasteiger partial charge in [-0.1, -0.05) is 194 Å². The van der Waals surface area contributed by atoms with Gasteiger partial charge in [0, 0.05) is 4.87 Å². The first-order valence-corrected chi connectivity index (χ1v) is 17.2. The molecular formula is C34H69Cl. The highest BCUT2D eigenvalue weighted by Gasteiger charge is 2.25. The van der Waals surface area contributed by atoms with Crippen LogP contribution in [0.25, 0.3) is 0 Å². The van der Waals surface area contributed by atoms with Gasteiger partial charge in [0.1, 0.15) is 0 Å². The van der Waals surface area contributed by atoms with E-state index in [1.807, 2.05) is 0 Å². The second-order valence-electron chi connectivity index (χ2n) is 11.9. The van der Waals surface area contributed by atoms with Gasteiger partial charge in [-0.15, -0.1) is 11.6 Å². The van der Waals surface area contributed by atoms with Gasteiger partial charge in [-0.05, 0) is 19.3 Å². The molecule has 0 aliphatic rings. The maximum absolute atomic E-state index is 7.33. The average Bonchev–Trinajstić information content (AvgIpc) is 2.86. The molecule has 212 valence electrons. The van der Waals surface area contributed by atoms with Crippen LogP contribution >= 0.6 is 11.6 Å². The van der Waals surface area contributed by atoms with Gasteiger partial charge in [-0.25, -0.2) is 0 Å². The fraction of sp³-hybridized carbons (Fsp3) is 1.00. The van der Waals surface area contributed by atoms with Crippen molar-refractivity contribution in [1.82, 2.24) is 0 Å². The van der Waals surface area contributed by atoms with Crippen LogP contribution in [0.1, 0.15) is 213 Å². The largest absolute Gasteiger partial charge is 0.119 e. The average molecular weight is 513 g/mol. The molecule has 0 atom stereocenters. The summed E-state index contributed by atoms with van der Waals surface area (Å²) in [7, 11) is 0. The van der Waals surface area contributed by atoms with Gasteiger partial charge in [0.15, 0.2) is 0 Å². The normalized spacial score (nSPS) is 12.0. The molecule has 0 aromatic rings. The van der Waals surface area contributed by atoms with Crippen LogP contribution in [0.4, 0.5) is 0 Å². The van der Waals surface area contributed by atoms with E-state index in [0.29, 0.717) is 0 Å². The smallest absolute Gasteiger partial charge is 0.0446 e. The van der Waals surface area contributed by atoms with Crippen molar-refractivity contribution in [2.24, 2.45) is 0 Å². The zero-order valence-corrected chi connectivity index (χ0v) is 25.8. The molecule has 0 nitrogen and oxygen atoms in total. The van der Waals surface area contributed by atoms with Crippen LogP contribution < -0.4 is 0 Å².